The van der Waals surface area contributed by atoms with Crippen molar-refractivity contribution in [3.8, 4) is 0 Å². The van der Waals surface area contributed by atoms with E-state index >= 15 is 0 Å². The lowest BCUT2D eigenvalue weighted by Gasteiger charge is -2.47. The normalized spacial score (nSPS) is 34.0. The number of β-lactam (4-membered cyclic amide) rings is 1. The highest BCUT2D eigenvalue weighted by atomic mass is 16.4. The Hall–Kier alpha value is -2.42. The summed E-state index contributed by atoms with van der Waals surface area (Å²) in [6, 6.07) is -0.715. The Morgan fingerprint density at radius 2 is 1.96 bits per heavy atom. The molecule has 1 aliphatic carbocycles. The van der Waals surface area contributed by atoms with Crippen LogP contribution in [0, 0.1) is 17.8 Å². The molecular weight excluding hydrogens is 354 g/mol. The number of carboxylic acids is 1. The summed E-state index contributed by atoms with van der Waals surface area (Å²) in [5, 5.41) is 19.8. The van der Waals surface area contributed by atoms with Crippen LogP contribution in [-0.4, -0.2) is 81.0 Å². The first-order valence-corrected chi connectivity index (χ1v) is 9.28. The molecule has 2 saturated heterocycles. The quantitative estimate of drug-likeness (QED) is 0.520. The van der Waals surface area contributed by atoms with Gasteiger partial charge >= 0.3 is 12.0 Å². The largest absolute Gasteiger partial charge is 0.477 e. The number of rotatable bonds is 4. The summed E-state index contributed by atoms with van der Waals surface area (Å²) in [5.41, 5.74) is 0.648. The molecule has 146 valence electrons. The van der Waals surface area contributed by atoms with E-state index in [1.54, 1.807) is 14.0 Å². The average Bonchev–Trinajstić information content (AvgIpc) is 3.01. The number of aliphatic carboxylic acids is 1. The summed E-state index contributed by atoms with van der Waals surface area (Å²) < 4.78 is 0. The lowest BCUT2D eigenvalue weighted by molar-refractivity contribution is -0.163. The highest BCUT2D eigenvalue weighted by Gasteiger charge is 2.62. The summed E-state index contributed by atoms with van der Waals surface area (Å²) in [6.07, 6.45) is 1.38. The van der Waals surface area contributed by atoms with Crippen molar-refractivity contribution in [2.45, 2.75) is 38.3 Å². The van der Waals surface area contributed by atoms with Gasteiger partial charge in [-0.1, -0.05) is 6.42 Å². The summed E-state index contributed by atoms with van der Waals surface area (Å²) in [4.78, 5) is 52.7. The van der Waals surface area contributed by atoms with Gasteiger partial charge in [-0.2, -0.15) is 0 Å². The maximum atomic E-state index is 12.5. The third kappa shape index (κ3) is 2.40. The number of aliphatic hydroxyl groups excluding tert-OH is 1. The number of imide groups is 1. The number of carboxylic acid groups (broad SMARTS) is 1. The molecule has 2 N–H and O–H groups in total. The number of carbonyl (C=O) groups is 4. The molecule has 0 aromatic carbocycles. The Morgan fingerprint density at radius 3 is 2.52 bits per heavy atom. The topological polar surface area (TPSA) is 118 Å². The number of hydrogen-bond donors (Lipinski definition) is 2. The van der Waals surface area contributed by atoms with Gasteiger partial charge in [0.25, 0.3) is 0 Å². The van der Waals surface area contributed by atoms with E-state index in [1.807, 2.05) is 0 Å². The van der Waals surface area contributed by atoms with E-state index in [2.05, 4.69) is 0 Å². The van der Waals surface area contributed by atoms with Gasteiger partial charge in [-0.25, -0.2) is 9.59 Å². The first-order valence-electron chi connectivity index (χ1n) is 9.28. The van der Waals surface area contributed by atoms with Crippen molar-refractivity contribution in [2.75, 3.05) is 20.1 Å². The summed E-state index contributed by atoms with van der Waals surface area (Å²) in [5.74, 6) is -2.83. The molecule has 9 nitrogen and oxygen atoms in total. The Morgan fingerprint density at radius 1 is 1.26 bits per heavy atom. The van der Waals surface area contributed by atoms with E-state index in [0.717, 1.165) is 12.8 Å². The van der Waals surface area contributed by atoms with Gasteiger partial charge in [-0.05, 0) is 25.3 Å². The van der Waals surface area contributed by atoms with Crippen LogP contribution in [0.2, 0.25) is 0 Å². The summed E-state index contributed by atoms with van der Waals surface area (Å²) in [7, 11) is 1.55. The van der Waals surface area contributed by atoms with E-state index in [4.69, 9.17) is 0 Å². The molecule has 0 unspecified atom stereocenters. The van der Waals surface area contributed by atoms with Crippen LogP contribution < -0.4 is 0 Å². The fourth-order valence-corrected chi connectivity index (χ4v) is 5.26. The van der Waals surface area contributed by atoms with Crippen LogP contribution in [-0.2, 0) is 14.4 Å². The number of carbonyl (C=O) groups excluding carboxylic acids is 3. The lowest BCUT2D eigenvalue weighted by atomic mass is 9.69. The van der Waals surface area contributed by atoms with Crippen molar-refractivity contribution in [1.29, 1.82) is 0 Å². The molecule has 4 aliphatic rings. The molecule has 5 atom stereocenters. The Balaban J connectivity index is 1.68. The molecule has 27 heavy (non-hydrogen) atoms. The van der Waals surface area contributed by atoms with Crippen LogP contribution in [0.1, 0.15) is 26.2 Å². The molecule has 0 aromatic rings. The Kier molecular flexibility index (Phi) is 4.03. The summed E-state index contributed by atoms with van der Waals surface area (Å²) in [6.45, 7) is 1.71. The molecule has 3 aliphatic heterocycles. The number of amides is 4. The maximum Gasteiger partial charge on any atom is 0.352 e. The van der Waals surface area contributed by atoms with Crippen LogP contribution in [0.15, 0.2) is 11.3 Å². The molecule has 0 bridgehead atoms. The van der Waals surface area contributed by atoms with Gasteiger partial charge in [0.1, 0.15) is 12.2 Å². The molecule has 3 fully saturated rings. The molecule has 0 aromatic heterocycles. The van der Waals surface area contributed by atoms with Crippen molar-refractivity contribution in [3.63, 3.8) is 0 Å². The van der Waals surface area contributed by atoms with Crippen LogP contribution in [0.4, 0.5) is 4.79 Å². The Bertz CT molecular complexity index is 775. The third-order valence-electron chi connectivity index (χ3n) is 6.38. The first-order chi connectivity index (χ1) is 12.7. The predicted molar refractivity (Wildman–Crippen MR) is 91.0 cm³/mol. The number of nitrogens with zero attached hydrogens (tertiary/aromatic N) is 3. The van der Waals surface area contributed by atoms with Gasteiger partial charge in [0, 0.05) is 25.4 Å². The number of urea groups is 1. The van der Waals surface area contributed by atoms with E-state index in [1.165, 1.54) is 14.7 Å². The van der Waals surface area contributed by atoms with E-state index in [0.29, 0.717) is 12.0 Å². The van der Waals surface area contributed by atoms with Gasteiger partial charge in [0.15, 0.2) is 0 Å². The zero-order valence-corrected chi connectivity index (χ0v) is 15.3. The van der Waals surface area contributed by atoms with Gasteiger partial charge in [-0.3, -0.25) is 14.5 Å². The third-order valence-corrected chi connectivity index (χ3v) is 6.38. The smallest absolute Gasteiger partial charge is 0.352 e. The van der Waals surface area contributed by atoms with Gasteiger partial charge < -0.3 is 20.0 Å². The van der Waals surface area contributed by atoms with Crippen LogP contribution in [0.5, 0.6) is 0 Å². The summed E-state index contributed by atoms with van der Waals surface area (Å²) >= 11 is 0. The number of hydrogen-bond acceptors (Lipinski definition) is 5. The Labute approximate surface area is 156 Å². The van der Waals surface area contributed by atoms with E-state index in [9.17, 15) is 29.4 Å². The van der Waals surface area contributed by atoms with Crippen molar-refractivity contribution in [3.05, 3.63) is 11.3 Å². The zero-order valence-electron chi connectivity index (χ0n) is 15.3. The van der Waals surface area contributed by atoms with E-state index in [-0.39, 0.29) is 54.5 Å². The monoisotopic (exact) mass is 377 g/mol. The first kappa shape index (κ1) is 18.0. The number of fused-ring (bicyclic) bond motifs is 3. The molecule has 4 rings (SSSR count). The van der Waals surface area contributed by atoms with Crippen molar-refractivity contribution in [2.24, 2.45) is 17.8 Å². The van der Waals surface area contributed by atoms with Crippen molar-refractivity contribution in [1.82, 2.24) is 14.7 Å². The number of aliphatic hydroxyl groups is 1. The van der Waals surface area contributed by atoms with Crippen molar-refractivity contribution < 1.29 is 29.4 Å². The minimum Gasteiger partial charge on any atom is -0.477 e. The molecule has 9 heteroatoms. The second kappa shape index (κ2) is 6.05. The molecule has 3 heterocycles. The highest BCUT2D eigenvalue weighted by Crippen LogP contribution is 2.53. The fraction of sp³-hybridized carbons (Fsp3) is 0.667. The van der Waals surface area contributed by atoms with Crippen LogP contribution in [0.25, 0.3) is 0 Å². The lowest BCUT2D eigenvalue weighted by Crippen LogP contribution is -2.64. The van der Waals surface area contributed by atoms with Crippen LogP contribution >= 0.6 is 0 Å². The average molecular weight is 377 g/mol. The van der Waals surface area contributed by atoms with Crippen LogP contribution in [0.3, 0.4) is 0 Å². The van der Waals surface area contributed by atoms with Crippen molar-refractivity contribution >= 4 is 23.8 Å². The minimum absolute atomic E-state index is 0.0101. The molecule has 4 amide bonds. The molecular formula is C18H23N3O6. The molecule has 1 saturated carbocycles. The van der Waals surface area contributed by atoms with Gasteiger partial charge in [-0.15, -0.1) is 0 Å². The maximum absolute atomic E-state index is 12.5. The van der Waals surface area contributed by atoms with E-state index < -0.39 is 18.0 Å². The second-order valence-electron chi connectivity index (χ2n) is 7.95. The highest BCUT2D eigenvalue weighted by molar-refractivity contribution is 6.02. The molecule has 0 radical (unpaired) electrons. The minimum atomic E-state index is -1.17. The van der Waals surface area contributed by atoms with Gasteiger partial charge in [0.05, 0.1) is 18.1 Å². The number of likely N-dealkylation sites (N-methyl/N-ethyl adjacent to an activating group) is 1. The second-order valence-corrected chi connectivity index (χ2v) is 7.95. The zero-order chi connectivity index (χ0) is 19.6. The standard InChI is InChI=1S/C18H23N3O6/c1-8(22)12-14-10-5-3-4-9(6-20-11(23)7-19(2)18(20)27)13(10)15(17(25)26)21(14)16(12)24/h8-10,12,14,22H,3-7H2,1-2H3,(H,25,26)/t8-,9-,10+,12-,14-/m1/s1. The van der Waals surface area contributed by atoms with Gasteiger partial charge in [0.2, 0.25) is 11.8 Å². The molecule has 0 spiro atoms. The SMILES string of the molecule is C[C@@H](O)[C@H]1C(=O)N2C(C(=O)O)=C3[C@@H](CN4C(=O)CN(C)C4=O)CCC[C@@H]3[C@H]12. The predicted octanol–water partition coefficient (Wildman–Crippen LogP) is -0.143. The fourth-order valence-electron chi connectivity index (χ4n) is 5.26.